The fourth-order valence-corrected chi connectivity index (χ4v) is 3.46. The third-order valence-corrected chi connectivity index (χ3v) is 5.16. The van der Waals surface area contributed by atoms with Gasteiger partial charge in [-0.3, -0.25) is 0 Å². The van der Waals surface area contributed by atoms with Crippen LogP contribution in [0.15, 0.2) is 18.2 Å². The van der Waals surface area contributed by atoms with Gasteiger partial charge in [0.2, 0.25) is 5.13 Å². The van der Waals surface area contributed by atoms with E-state index in [2.05, 4.69) is 42.5 Å². The summed E-state index contributed by atoms with van der Waals surface area (Å²) in [6, 6.07) is 6.33. The van der Waals surface area contributed by atoms with Crippen molar-refractivity contribution in [3.8, 4) is 0 Å². The topological polar surface area (TPSA) is 43.5 Å². The molecular weight excluding hydrogens is 316 g/mol. The van der Waals surface area contributed by atoms with Crippen LogP contribution in [0.3, 0.4) is 0 Å². The van der Waals surface area contributed by atoms with Gasteiger partial charge in [-0.15, -0.1) is 5.10 Å². The van der Waals surface area contributed by atoms with Crippen LogP contribution >= 0.6 is 23.6 Å². The van der Waals surface area contributed by atoms with Crippen LogP contribution in [-0.4, -0.2) is 36.1 Å². The Hall–Kier alpha value is -1.28. The molecule has 0 atom stereocenters. The van der Waals surface area contributed by atoms with E-state index in [4.69, 9.17) is 17.0 Å². The number of aryl methyl sites for hydroxylation is 2. The summed E-state index contributed by atoms with van der Waals surface area (Å²) in [4.78, 5) is 1.46. The number of ether oxygens (including phenoxy) is 1. The van der Waals surface area contributed by atoms with E-state index in [9.17, 15) is 0 Å². The fraction of sp³-hybridized carbons (Fsp3) is 0.467. The molecule has 1 aliphatic heterocycles. The zero-order valence-corrected chi connectivity index (χ0v) is 14.5. The van der Waals surface area contributed by atoms with Gasteiger partial charge in [0, 0.05) is 5.69 Å². The minimum atomic E-state index is 0.810. The van der Waals surface area contributed by atoms with Crippen molar-refractivity contribution in [2.75, 3.05) is 31.6 Å². The van der Waals surface area contributed by atoms with Crippen LogP contribution in [0.5, 0.6) is 0 Å². The van der Waals surface area contributed by atoms with Gasteiger partial charge >= 0.3 is 0 Å². The third kappa shape index (κ3) is 3.73. The Kier molecular flexibility index (Phi) is 4.87. The molecule has 1 fully saturated rings. The number of aromatic nitrogens is 2. The molecule has 2 N–H and O–H groups in total. The molecule has 1 aromatic heterocycles. The third-order valence-electron chi connectivity index (χ3n) is 3.94. The van der Waals surface area contributed by atoms with Gasteiger partial charge in [-0.25, -0.2) is 0 Å². The van der Waals surface area contributed by atoms with Crippen LogP contribution in [0.25, 0.3) is 0 Å². The number of hydrogen-bond donors (Lipinski definition) is 2. The molecule has 0 unspecified atom stereocenters. The number of quaternary nitrogens is 1. The molecule has 0 bridgehead atoms. The SMILES string of the molecule is Cc1ccc(Nc2nn(C[NH+]3CCOCC3)c(=S)s2)cc1C. The van der Waals surface area contributed by atoms with Gasteiger partial charge < -0.3 is 15.0 Å². The normalized spacial score (nSPS) is 15.9. The lowest BCUT2D eigenvalue weighted by Crippen LogP contribution is -3.13. The summed E-state index contributed by atoms with van der Waals surface area (Å²) in [5.74, 6) is 0. The first-order valence-corrected chi connectivity index (χ1v) is 8.68. The van der Waals surface area contributed by atoms with E-state index >= 15 is 0 Å². The second-order valence-electron chi connectivity index (χ2n) is 5.62. The van der Waals surface area contributed by atoms with Crippen LogP contribution in [0.2, 0.25) is 0 Å². The van der Waals surface area contributed by atoms with Crippen molar-refractivity contribution in [2.45, 2.75) is 20.5 Å². The van der Waals surface area contributed by atoms with Crippen LogP contribution in [0, 0.1) is 17.8 Å². The molecule has 7 heteroatoms. The van der Waals surface area contributed by atoms with Crippen LogP contribution in [0.4, 0.5) is 10.8 Å². The molecule has 1 aliphatic rings. The molecule has 2 heterocycles. The molecule has 1 aromatic carbocycles. The Morgan fingerprint density at radius 2 is 2.09 bits per heavy atom. The Morgan fingerprint density at radius 1 is 1.32 bits per heavy atom. The second-order valence-corrected chi connectivity index (χ2v) is 7.24. The standard InChI is InChI=1S/C15H20N4OS2/c1-11-3-4-13(9-12(11)2)16-14-17-19(15(21)22-14)10-18-5-7-20-8-6-18/h3-4,9H,5-8,10H2,1-2H3,(H,16,17)/p+1. The highest BCUT2D eigenvalue weighted by molar-refractivity contribution is 7.73. The Morgan fingerprint density at radius 3 is 2.82 bits per heavy atom. The van der Waals surface area contributed by atoms with Gasteiger partial charge in [0.15, 0.2) is 10.6 Å². The average Bonchev–Trinajstić information content (AvgIpc) is 2.84. The van der Waals surface area contributed by atoms with Crippen LogP contribution < -0.4 is 10.2 Å². The summed E-state index contributed by atoms with van der Waals surface area (Å²) < 4.78 is 8.12. The van der Waals surface area contributed by atoms with Gasteiger partial charge in [-0.2, -0.15) is 4.68 Å². The first-order chi connectivity index (χ1) is 10.6. The maximum absolute atomic E-state index is 5.44. The number of nitrogens with zero attached hydrogens (tertiary/aromatic N) is 2. The van der Waals surface area contributed by atoms with Gasteiger partial charge in [-0.05, 0) is 49.3 Å². The largest absolute Gasteiger partial charge is 0.370 e. The molecule has 118 valence electrons. The highest BCUT2D eigenvalue weighted by atomic mass is 32.1. The summed E-state index contributed by atoms with van der Waals surface area (Å²) in [7, 11) is 0. The molecule has 2 aromatic rings. The zero-order valence-electron chi connectivity index (χ0n) is 12.9. The van der Waals surface area contributed by atoms with Gasteiger partial charge in [0.25, 0.3) is 0 Å². The summed E-state index contributed by atoms with van der Waals surface area (Å²) >= 11 is 6.96. The van der Waals surface area contributed by atoms with E-state index in [1.165, 1.54) is 27.4 Å². The van der Waals surface area contributed by atoms with Crippen molar-refractivity contribution in [3.05, 3.63) is 33.3 Å². The van der Waals surface area contributed by atoms with Gasteiger partial charge in [0.1, 0.15) is 13.1 Å². The fourth-order valence-electron chi connectivity index (χ4n) is 2.43. The predicted molar refractivity (Wildman–Crippen MR) is 91.7 cm³/mol. The molecule has 0 amide bonds. The molecule has 1 saturated heterocycles. The first-order valence-electron chi connectivity index (χ1n) is 7.45. The highest BCUT2D eigenvalue weighted by Gasteiger charge is 2.16. The van der Waals surface area contributed by atoms with Crippen molar-refractivity contribution < 1.29 is 9.64 Å². The van der Waals surface area contributed by atoms with E-state index in [0.717, 1.165) is 47.7 Å². The molecule has 22 heavy (non-hydrogen) atoms. The molecule has 0 radical (unpaired) electrons. The first kappa shape index (κ1) is 15.6. The Labute approximate surface area is 139 Å². The summed E-state index contributed by atoms with van der Waals surface area (Å²) in [5.41, 5.74) is 3.61. The number of nitrogens with one attached hydrogen (secondary N) is 2. The van der Waals surface area contributed by atoms with Crippen molar-refractivity contribution in [2.24, 2.45) is 0 Å². The number of hydrogen-bond acceptors (Lipinski definition) is 5. The van der Waals surface area contributed by atoms with Crippen LogP contribution in [-0.2, 0) is 11.4 Å². The van der Waals surface area contributed by atoms with E-state index in [1.54, 1.807) is 0 Å². The number of benzene rings is 1. The molecule has 0 saturated carbocycles. The maximum Gasteiger partial charge on any atom is 0.209 e. The van der Waals surface area contributed by atoms with E-state index in [0.29, 0.717) is 0 Å². The monoisotopic (exact) mass is 337 g/mol. The number of morpholine rings is 1. The predicted octanol–water partition coefficient (Wildman–Crippen LogP) is 1.91. The maximum atomic E-state index is 5.44. The second kappa shape index (κ2) is 6.87. The van der Waals surface area contributed by atoms with Crippen molar-refractivity contribution >= 4 is 34.4 Å². The van der Waals surface area contributed by atoms with Crippen LogP contribution in [0.1, 0.15) is 11.1 Å². The van der Waals surface area contributed by atoms with E-state index < -0.39 is 0 Å². The summed E-state index contributed by atoms with van der Waals surface area (Å²) in [5, 5.41) is 8.81. The molecule has 3 rings (SSSR count). The quantitative estimate of drug-likeness (QED) is 0.837. The smallest absolute Gasteiger partial charge is 0.209 e. The van der Waals surface area contributed by atoms with E-state index in [1.807, 2.05) is 4.68 Å². The van der Waals surface area contributed by atoms with Gasteiger partial charge in [0.05, 0.1) is 13.2 Å². The Balaban J connectivity index is 1.71. The minimum Gasteiger partial charge on any atom is -0.370 e. The zero-order chi connectivity index (χ0) is 15.5. The minimum absolute atomic E-state index is 0.810. The summed E-state index contributed by atoms with van der Waals surface area (Å²) in [6.07, 6.45) is 0. The molecule has 0 aliphatic carbocycles. The number of rotatable bonds is 4. The average molecular weight is 337 g/mol. The van der Waals surface area contributed by atoms with Gasteiger partial charge in [-0.1, -0.05) is 17.4 Å². The van der Waals surface area contributed by atoms with E-state index in [-0.39, 0.29) is 0 Å². The lowest BCUT2D eigenvalue weighted by atomic mass is 10.1. The number of anilines is 2. The Bertz CT molecular complexity index is 704. The van der Waals surface area contributed by atoms with Crippen molar-refractivity contribution in [3.63, 3.8) is 0 Å². The van der Waals surface area contributed by atoms with Crippen molar-refractivity contribution in [1.29, 1.82) is 0 Å². The molecule has 0 spiro atoms. The molecular formula is C15H21N4OS2+. The summed E-state index contributed by atoms with van der Waals surface area (Å²) in [6.45, 7) is 8.71. The lowest BCUT2D eigenvalue weighted by molar-refractivity contribution is -0.930. The van der Waals surface area contributed by atoms with Crippen molar-refractivity contribution in [1.82, 2.24) is 9.78 Å². The molecule has 5 nitrogen and oxygen atoms in total. The highest BCUT2D eigenvalue weighted by Crippen LogP contribution is 2.22. The lowest BCUT2D eigenvalue weighted by Gasteiger charge is -2.23.